The van der Waals surface area contributed by atoms with Crippen LogP contribution >= 0.6 is 0 Å². The van der Waals surface area contributed by atoms with E-state index in [1.54, 1.807) is 16.7 Å². The molecule has 8 atom stereocenters. The Labute approximate surface area is 193 Å². The zero-order valence-corrected chi connectivity index (χ0v) is 21.6. The highest BCUT2D eigenvalue weighted by Crippen LogP contribution is 2.67. The second-order valence-corrected chi connectivity index (χ2v) is 13.1. The summed E-state index contributed by atoms with van der Waals surface area (Å²) in [6, 6.07) is 0. The van der Waals surface area contributed by atoms with Crippen LogP contribution in [0.2, 0.25) is 0 Å². The van der Waals surface area contributed by atoms with Crippen molar-refractivity contribution in [1.29, 1.82) is 0 Å². The molecule has 0 aromatic carbocycles. The van der Waals surface area contributed by atoms with Crippen LogP contribution in [-0.4, -0.2) is 11.2 Å². The van der Waals surface area contributed by atoms with Gasteiger partial charge in [-0.15, -0.1) is 0 Å². The van der Waals surface area contributed by atoms with E-state index in [1.165, 1.54) is 51.4 Å². The Morgan fingerprint density at radius 1 is 1.03 bits per heavy atom. The molecule has 31 heavy (non-hydrogen) atoms. The fourth-order valence-electron chi connectivity index (χ4n) is 9.32. The summed E-state index contributed by atoms with van der Waals surface area (Å²) in [6.45, 7) is 17.2. The van der Waals surface area contributed by atoms with Crippen molar-refractivity contribution in [2.24, 2.45) is 46.3 Å². The van der Waals surface area contributed by atoms with Crippen LogP contribution < -0.4 is 0 Å². The van der Waals surface area contributed by atoms with Gasteiger partial charge in [0.15, 0.2) is 0 Å². The summed E-state index contributed by atoms with van der Waals surface area (Å²) in [4.78, 5) is 0. The van der Waals surface area contributed by atoms with Crippen LogP contribution in [0.3, 0.4) is 0 Å². The second-order valence-electron chi connectivity index (χ2n) is 13.1. The monoisotopic (exact) mass is 426 g/mol. The maximum Gasteiger partial charge on any atom is 0.0577 e. The molecule has 3 saturated carbocycles. The van der Waals surface area contributed by atoms with E-state index in [9.17, 15) is 5.11 Å². The van der Waals surface area contributed by atoms with Crippen LogP contribution in [0.1, 0.15) is 113 Å². The molecule has 0 spiro atoms. The maximum atomic E-state index is 10.3. The third kappa shape index (κ3) is 4.00. The molecule has 0 saturated heterocycles. The van der Waals surface area contributed by atoms with Crippen LogP contribution in [0.5, 0.6) is 0 Å². The molecule has 0 bridgehead atoms. The van der Waals surface area contributed by atoms with Crippen molar-refractivity contribution >= 4 is 0 Å². The molecule has 0 aromatic heterocycles. The first-order valence-corrected chi connectivity index (χ1v) is 13.6. The lowest BCUT2D eigenvalue weighted by Crippen LogP contribution is -2.50. The van der Waals surface area contributed by atoms with Crippen molar-refractivity contribution < 1.29 is 5.11 Å². The maximum absolute atomic E-state index is 10.3. The third-order valence-corrected chi connectivity index (χ3v) is 11.0. The summed E-state index contributed by atoms with van der Waals surface area (Å²) in [5, 5.41) is 10.3. The molecule has 0 aromatic rings. The molecule has 0 amide bonds. The predicted octanol–water partition coefficient (Wildman–Crippen LogP) is 8.34. The molecule has 0 heterocycles. The van der Waals surface area contributed by atoms with Crippen molar-refractivity contribution in [3.05, 3.63) is 22.8 Å². The number of aliphatic hydroxyl groups is 1. The molecule has 1 nitrogen and oxygen atoms in total. The fraction of sp³-hybridized carbons (Fsp3) is 0.867. The van der Waals surface area contributed by atoms with Gasteiger partial charge in [0, 0.05) is 0 Å². The summed E-state index contributed by atoms with van der Waals surface area (Å²) in [6.07, 6.45) is 15.5. The van der Waals surface area contributed by atoms with Gasteiger partial charge in [-0.3, -0.25) is 0 Å². The van der Waals surface area contributed by atoms with Crippen molar-refractivity contribution in [2.75, 3.05) is 0 Å². The topological polar surface area (TPSA) is 20.2 Å². The van der Waals surface area contributed by atoms with Crippen LogP contribution in [0.15, 0.2) is 22.8 Å². The van der Waals surface area contributed by atoms with Gasteiger partial charge < -0.3 is 5.11 Å². The third-order valence-electron chi connectivity index (χ3n) is 11.0. The quantitative estimate of drug-likeness (QED) is 0.438. The molecular weight excluding hydrogens is 376 g/mol. The van der Waals surface area contributed by atoms with Gasteiger partial charge in [-0.05, 0) is 124 Å². The fourth-order valence-corrected chi connectivity index (χ4v) is 9.32. The summed E-state index contributed by atoms with van der Waals surface area (Å²) >= 11 is 0. The van der Waals surface area contributed by atoms with Crippen molar-refractivity contribution in [3.63, 3.8) is 0 Å². The Hall–Kier alpha value is -0.560. The molecule has 4 rings (SSSR count). The molecule has 4 aliphatic carbocycles. The van der Waals surface area contributed by atoms with Gasteiger partial charge >= 0.3 is 0 Å². The highest BCUT2D eigenvalue weighted by molar-refractivity contribution is 5.25. The lowest BCUT2D eigenvalue weighted by Gasteiger charge is -2.58. The highest BCUT2D eigenvalue weighted by Gasteiger charge is 2.59. The van der Waals surface area contributed by atoms with E-state index < -0.39 is 0 Å². The Kier molecular flexibility index (Phi) is 6.59. The van der Waals surface area contributed by atoms with Crippen LogP contribution in [-0.2, 0) is 0 Å². The average molecular weight is 427 g/mol. The Balaban J connectivity index is 1.49. The minimum Gasteiger partial charge on any atom is -0.393 e. The smallest absolute Gasteiger partial charge is 0.0577 e. The molecular formula is C30H50O. The molecule has 3 fully saturated rings. The number of hydrogen-bond acceptors (Lipinski definition) is 1. The summed E-state index contributed by atoms with van der Waals surface area (Å²) in [5.41, 5.74) is 5.80. The largest absolute Gasteiger partial charge is 0.393 e. The van der Waals surface area contributed by atoms with E-state index >= 15 is 0 Å². The minimum absolute atomic E-state index is 0.0852. The van der Waals surface area contributed by atoms with Crippen LogP contribution in [0.25, 0.3) is 0 Å². The number of allylic oxidation sites excluding steroid dienone is 3. The highest BCUT2D eigenvalue weighted by atomic mass is 16.3. The van der Waals surface area contributed by atoms with E-state index in [0.717, 1.165) is 42.4 Å². The van der Waals surface area contributed by atoms with Gasteiger partial charge in [0.25, 0.3) is 0 Å². The molecule has 0 radical (unpaired) electrons. The summed E-state index contributed by atoms with van der Waals surface area (Å²) < 4.78 is 0. The molecule has 176 valence electrons. The predicted molar refractivity (Wildman–Crippen MR) is 133 cm³/mol. The van der Waals surface area contributed by atoms with E-state index in [1.807, 2.05) is 0 Å². The van der Waals surface area contributed by atoms with E-state index in [4.69, 9.17) is 0 Å². The number of hydrogen-bond donors (Lipinski definition) is 1. The summed E-state index contributed by atoms with van der Waals surface area (Å²) in [5.74, 6) is 5.13. The second kappa shape index (κ2) is 8.66. The first-order valence-electron chi connectivity index (χ1n) is 13.6. The molecule has 8 unspecified atom stereocenters. The first kappa shape index (κ1) is 23.6. The van der Waals surface area contributed by atoms with Crippen LogP contribution in [0, 0.1) is 46.3 Å². The SMILES string of the molecule is CC(C)=C(CCC(C)C1CCC2C3CC=C4CC(O)CCC4(C)C3CCC12C)C(C)C. The first-order chi connectivity index (χ1) is 14.6. The van der Waals surface area contributed by atoms with Gasteiger partial charge in [0.2, 0.25) is 0 Å². The van der Waals surface area contributed by atoms with Crippen molar-refractivity contribution in [2.45, 2.75) is 119 Å². The Morgan fingerprint density at radius 3 is 2.45 bits per heavy atom. The van der Waals surface area contributed by atoms with Gasteiger partial charge in [0.1, 0.15) is 0 Å². The van der Waals surface area contributed by atoms with Crippen molar-refractivity contribution in [1.82, 2.24) is 0 Å². The number of fused-ring (bicyclic) bond motifs is 5. The normalized spacial score (nSPS) is 43.0. The lowest BCUT2D eigenvalue weighted by molar-refractivity contribution is -0.0571. The molecule has 4 aliphatic rings. The van der Waals surface area contributed by atoms with Crippen molar-refractivity contribution in [3.8, 4) is 0 Å². The van der Waals surface area contributed by atoms with E-state index in [2.05, 4.69) is 54.5 Å². The number of rotatable bonds is 5. The van der Waals surface area contributed by atoms with Crippen LogP contribution in [0.4, 0.5) is 0 Å². The van der Waals surface area contributed by atoms with Gasteiger partial charge in [-0.1, -0.05) is 57.4 Å². The summed E-state index contributed by atoms with van der Waals surface area (Å²) in [7, 11) is 0. The standard InChI is InChI=1S/C30H50O/c1-19(2)24(20(3)4)10-8-21(5)26-12-13-27-25-11-9-22-18-23(31)14-16-29(22,6)28(25)15-17-30(26,27)7/h9,19,21,23,25-28,31H,8,10-18H2,1-7H3. The number of aliphatic hydroxyl groups excluding tert-OH is 1. The van der Waals surface area contributed by atoms with Gasteiger partial charge in [0.05, 0.1) is 6.10 Å². The molecule has 1 heteroatoms. The zero-order valence-electron chi connectivity index (χ0n) is 21.6. The van der Waals surface area contributed by atoms with E-state index in [-0.39, 0.29) is 6.10 Å². The van der Waals surface area contributed by atoms with Gasteiger partial charge in [-0.25, -0.2) is 0 Å². The molecule has 0 aliphatic heterocycles. The lowest BCUT2D eigenvalue weighted by atomic mass is 9.47. The molecule has 1 N–H and O–H groups in total. The average Bonchev–Trinajstić information content (AvgIpc) is 3.05. The Morgan fingerprint density at radius 2 is 1.77 bits per heavy atom. The Bertz CT molecular complexity index is 725. The van der Waals surface area contributed by atoms with E-state index in [0.29, 0.717) is 16.7 Å². The minimum atomic E-state index is -0.0852. The zero-order chi connectivity index (χ0) is 22.6. The van der Waals surface area contributed by atoms with Gasteiger partial charge in [-0.2, -0.15) is 0 Å².